The minimum absolute atomic E-state index is 0.00169. The average molecular weight is 638 g/mol. The molecule has 2 aromatic carbocycles. The van der Waals surface area contributed by atoms with Crippen LogP contribution in [0.15, 0.2) is 99.9 Å². The van der Waals surface area contributed by atoms with Crippen molar-refractivity contribution in [1.29, 1.82) is 0 Å². The molecule has 1 heterocycles. The van der Waals surface area contributed by atoms with E-state index in [2.05, 4.69) is 38.5 Å². The van der Waals surface area contributed by atoms with Gasteiger partial charge >= 0.3 is 0 Å². The van der Waals surface area contributed by atoms with Crippen molar-refractivity contribution in [1.82, 2.24) is 9.71 Å². The summed E-state index contributed by atoms with van der Waals surface area (Å²) in [5, 5.41) is 0. The van der Waals surface area contributed by atoms with E-state index < -0.39 is 22.6 Å². The van der Waals surface area contributed by atoms with Crippen molar-refractivity contribution in [2.24, 2.45) is 0 Å². The van der Waals surface area contributed by atoms with E-state index in [0.29, 0.717) is 17.0 Å². The Morgan fingerprint density at radius 2 is 1.80 bits per heavy atom. The summed E-state index contributed by atoms with van der Waals surface area (Å²) < 4.78 is 47.7. The fourth-order valence-electron chi connectivity index (χ4n) is 4.28. The zero-order valence-electron chi connectivity index (χ0n) is 22.5. The van der Waals surface area contributed by atoms with E-state index in [1.54, 1.807) is 36.4 Å². The molecule has 1 amide bonds. The molecule has 0 saturated heterocycles. The van der Waals surface area contributed by atoms with Crippen molar-refractivity contribution in [2.75, 3.05) is 13.3 Å². The summed E-state index contributed by atoms with van der Waals surface area (Å²) in [6.45, 7) is 1.37. The van der Waals surface area contributed by atoms with E-state index in [1.807, 2.05) is 37.3 Å². The van der Waals surface area contributed by atoms with Gasteiger partial charge in [0.2, 0.25) is 0 Å². The summed E-state index contributed by atoms with van der Waals surface area (Å²) in [6, 6.07) is 18.4. The smallest absolute Gasteiger partial charge is 0.283 e. The number of amides is 1. The number of hydrogen-bond acceptors (Lipinski definition) is 5. The Bertz CT molecular complexity index is 1600. The van der Waals surface area contributed by atoms with Gasteiger partial charge in [-0.2, -0.15) is 0 Å². The molecule has 0 unspecified atom stereocenters. The molecule has 0 bridgehead atoms. The van der Waals surface area contributed by atoms with Gasteiger partial charge in [-0.1, -0.05) is 58.4 Å². The Kier molecular flexibility index (Phi) is 11.6. The molecule has 1 aliphatic rings. The number of carbonyl (C=O) groups excluding carboxylic acids is 1. The molecule has 6 nitrogen and oxygen atoms in total. The summed E-state index contributed by atoms with van der Waals surface area (Å²) in [4.78, 5) is 17.4. The first-order valence-electron chi connectivity index (χ1n) is 12.8. The predicted octanol–water partition coefficient (Wildman–Crippen LogP) is 7.16. The molecule has 9 heteroatoms. The highest BCUT2D eigenvalue weighted by atomic mass is 79.9. The number of carbonyl (C=O) groups is 1. The van der Waals surface area contributed by atoms with Gasteiger partial charge in [0.25, 0.3) is 15.9 Å². The lowest BCUT2D eigenvalue weighted by atomic mass is 9.99. The topological polar surface area (TPSA) is 85.4 Å². The third kappa shape index (κ3) is 8.26. The van der Waals surface area contributed by atoms with Crippen LogP contribution in [0.5, 0.6) is 5.75 Å². The second-order valence-corrected chi connectivity index (χ2v) is 11.5. The van der Waals surface area contributed by atoms with Crippen LogP contribution in [0.3, 0.4) is 0 Å². The van der Waals surface area contributed by atoms with Crippen molar-refractivity contribution in [2.45, 2.75) is 31.1 Å². The molecule has 41 heavy (non-hydrogen) atoms. The molecule has 0 radical (unpaired) electrons. The molecule has 4 rings (SSSR count). The first-order chi connectivity index (χ1) is 19.8. The average Bonchev–Trinajstić information content (AvgIpc) is 3.49. The summed E-state index contributed by atoms with van der Waals surface area (Å²) in [6.07, 6.45) is 15.7. The SMILES string of the molecule is C#C.C/C=C\C=C(/CF)COc1ccc(Br)cc1C1=C(c2cccc(C(=O)NS(=O)(=O)c3ccccc3)n2)CCC1. The van der Waals surface area contributed by atoms with Gasteiger partial charge in [0.1, 0.15) is 24.7 Å². The van der Waals surface area contributed by atoms with Crippen molar-refractivity contribution in [3.63, 3.8) is 0 Å². The molecule has 0 fully saturated rings. The van der Waals surface area contributed by atoms with E-state index >= 15 is 0 Å². The third-order valence-corrected chi connectivity index (χ3v) is 8.01. The van der Waals surface area contributed by atoms with Gasteiger partial charge in [-0.3, -0.25) is 4.79 Å². The van der Waals surface area contributed by atoms with Gasteiger partial charge in [0.15, 0.2) is 0 Å². The maximum absolute atomic E-state index is 13.5. The Morgan fingerprint density at radius 1 is 1.07 bits per heavy atom. The number of benzene rings is 2. The van der Waals surface area contributed by atoms with Crippen molar-refractivity contribution < 1.29 is 22.3 Å². The number of alkyl halides is 1. The lowest BCUT2D eigenvalue weighted by Crippen LogP contribution is -2.31. The number of sulfonamides is 1. The first-order valence-corrected chi connectivity index (χ1v) is 15.0. The number of allylic oxidation sites excluding steroid dienone is 5. The van der Waals surface area contributed by atoms with Crippen LogP contribution in [-0.4, -0.2) is 32.6 Å². The highest BCUT2D eigenvalue weighted by molar-refractivity contribution is 9.10. The summed E-state index contributed by atoms with van der Waals surface area (Å²) in [7, 11) is -4.03. The lowest BCUT2D eigenvalue weighted by Gasteiger charge is -2.15. The second-order valence-electron chi connectivity index (χ2n) is 8.88. The number of rotatable bonds is 10. The largest absolute Gasteiger partial charge is 0.489 e. The van der Waals surface area contributed by atoms with E-state index in [1.165, 1.54) is 18.2 Å². The van der Waals surface area contributed by atoms with Crippen molar-refractivity contribution >= 4 is 43.0 Å². The second kappa shape index (κ2) is 15.1. The molecule has 0 saturated carbocycles. The van der Waals surface area contributed by atoms with Crippen LogP contribution in [-0.2, 0) is 10.0 Å². The van der Waals surface area contributed by atoms with Crippen LogP contribution in [0.4, 0.5) is 4.39 Å². The van der Waals surface area contributed by atoms with Crippen LogP contribution in [0.2, 0.25) is 0 Å². The number of pyridine rings is 1. The molecule has 3 aromatic rings. The Hall–Kier alpha value is -4.00. The number of halogens is 2. The Labute approximate surface area is 249 Å². The molecule has 212 valence electrons. The maximum Gasteiger partial charge on any atom is 0.283 e. The van der Waals surface area contributed by atoms with Gasteiger partial charge in [-0.05, 0) is 85.4 Å². The van der Waals surface area contributed by atoms with E-state index in [9.17, 15) is 17.6 Å². The Balaban J connectivity index is 0.00000226. The quantitative estimate of drug-likeness (QED) is 0.189. The highest BCUT2D eigenvalue weighted by Gasteiger charge is 2.24. The highest BCUT2D eigenvalue weighted by Crippen LogP contribution is 2.43. The number of terminal acetylenes is 1. The van der Waals surface area contributed by atoms with Crippen LogP contribution in [0.1, 0.15) is 47.9 Å². The van der Waals surface area contributed by atoms with Gasteiger partial charge in [0.05, 0.1) is 10.6 Å². The van der Waals surface area contributed by atoms with E-state index in [-0.39, 0.29) is 17.2 Å². The van der Waals surface area contributed by atoms with Gasteiger partial charge < -0.3 is 4.74 Å². The number of hydrogen-bond donors (Lipinski definition) is 1. The third-order valence-electron chi connectivity index (χ3n) is 6.17. The molecule has 1 aromatic heterocycles. The summed E-state index contributed by atoms with van der Waals surface area (Å²) >= 11 is 3.54. The zero-order valence-corrected chi connectivity index (χ0v) is 24.9. The molecule has 1 aliphatic carbocycles. The van der Waals surface area contributed by atoms with E-state index in [0.717, 1.165) is 40.4 Å². The van der Waals surface area contributed by atoms with Crippen LogP contribution >= 0.6 is 15.9 Å². The minimum Gasteiger partial charge on any atom is -0.489 e. The fraction of sp³-hybridized carbons (Fsp3) is 0.188. The van der Waals surface area contributed by atoms with Crippen molar-refractivity contribution in [3.05, 3.63) is 112 Å². The van der Waals surface area contributed by atoms with Gasteiger partial charge in [-0.15, -0.1) is 12.8 Å². The van der Waals surface area contributed by atoms with E-state index in [4.69, 9.17) is 4.74 Å². The molecule has 0 atom stereocenters. The standard InChI is InChI=1S/C30H28BrFN2O4S.C2H2/c1-2-3-9-21(19-32)20-38-29-17-16-22(31)18-26(29)24-12-7-13-25(24)27-14-8-15-28(33-27)30(35)34-39(36,37)23-10-5-4-6-11-23;1-2/h2-6,8-11,14-18H,7,12-13,19-20H2,1H3,(H,34,35);1-2H/b3-2-,21-9+;. The van der Waals surface area contributed by atoms with Gasteiger partial charge in [-0.25, -0.2) is 22.5 Å². The molecule has 0 spiro atoms. The molecular formula is C32H30BrFN2O4S. The van der Waals surface area contributed by atoms with Crippen LogP contribution in [0, 0.1) is 12.8 Å². The minimum atomic E-state index is -4.03. The molecule has 0 aliphatic heterocycles. The molecule has 1 N–H and O–H groups in total. The number of aromatic nitrogens is 1. The van der Waals surface area contributed by atoms with Crippen LogP contribution in [0.25, 0.3) is 11.1 Å². The fourth-order valence-corrected chi connectivity index (χ4v) is 5.63. The summed E-state index contributed by atoms with van der Waals surface area (Å²) in [5.74, 6) is -0.186. The van der Waals surface area contributed by atoms with Crippen molar-refractivity contribution in [3.8, 4) is 18.6 Å². The number of nitrogens with one attached hydrogen (secondary N) is 1. The normalized spacial score (nSPS) is 13.5. The number of nitrogens with zero attached hydrogens (tertiary/aromatic N) is 1. The van der Waals surface area contributed by atoms with Gasteiger partial charge in [0, 0.05) is 10.0 Å². The predicted molar refractivity (Wildman–Crippen MR) is 164 cm³/mol. The number of ether oxygens (including phenoxy) is 1. The first kappa shape index (κ1) is 31.5. The molecular weight excluding hydrogens is 607 g/mol. The zero-order chi connectivity index (χ0) is 29.8. The Morgan fingerprint density at radius 3 is 2.51 bits per heavy atom. The monoisotopic (exact) mass is 636 g/mol. The van der Waals surface area contributed by atoms with Crippen LogP contribution < -0.4 is 9.46 Å². The summed E-state index contributed by atoms with van der Waals surface area (Å²) in [5.41, 5.74) is 3.95. The maximum atomic E-state index is 13.5. The lowest BCUT2D eigenvalue weighted by molar-refractivity contribution is 0.0976.